The van der Waals surface area contributed by atoms with Gasteiger partial charge < -0.3 is 24.6 Å². The minimum absolute atomic E-state index is 0.101. The molecule has 0 unspecified atom stereocenters. The lowest BCUT2D eigenvalue weighted by Crippen LogP contribution is -2.83. The highest BCUT2D eigenvalue weighted by atomic mass is 32.2. The quantitative estimate of drug-likeness (QED) is 0.309. The van der Waals surface area contributed by atoms with E-state index in [1.165, 1.54) is 37.7 Å². The molecular formula is C25H32N4O6S2. The summed E-state index contributed by atoms with van der Waals surface area (Å²) in [6, 6.07) is 5.31. The molecular weight excluding hydrogens is 516 g/mol. The van der Waals surface area contributed by atoms with Gasteiger partial charge in [0.25, 0.3) is 0 Å². The molecule has 2 aromatic rings. The first kappa shape index (κ1) is 27.8. The van der Waals surface area contributed by atoms with Gasteiger partial charge in [0.2, 0.25) is 5.79 Å². The van der Waals surface area contributed by atoms with Crippen LogP contribution in [-0.4, -0.2) is 102 Å². The predicted molar refractivity (Wildman–Crippen MR) is 139 cm³/mol. The summed E-state index contributed by atoms with van der Waals surface area (Å²) in [5.74, 6) is -4.63. The minimum atomic E-state index is -2.90. The van der Waals surface area contributed by atoms with Gasteiger partial charge in [0, 0.05) is 35.3 Å². The topological polar surface area (TPSA) is 125 Å². The zero-order chi connectivity index (χ0) is 27.2. The lowest BCUT2D eigenvalue weighted by atomic mass is 9.51. The van der Waals surface area contributed by atoms with E-state index in [1.54, 1.807) is 36.3 Å². The molecule has 200 valence electrons. The Labute approximate surface area is 224 Å². The van der Waals surface area contributed by atoms with Crippen LogP contribution in [0.4, 0.5) is 0 Å². The van der Waals surface area contributed by atoms with E-state index in [9.17, 15) is 19.8 Å². The van der Waals surface area contributed by atoms with Gasteiger partial charge in [0.05, 0.1) is 37.7 Å². The van der Waals surface area contributed by atoms with Crippen molar-refractivity contribution in [3.05, 3.63) is 48.0 Å². The van der Waals surface area contributed by atoms with Crippen LogP contribution in [0.25, 0.3) is 0 Å². The molecule has 2 bridgehead atoms. The number of likely N-dealkylation sites (tertiary alicyclic amines) is 2. The van der Waals surface area contributed by atoms with Gasteiger partial charge in [0.15, 0.2) is 10.8 Å². The fraction of sp³-hybridized carbons (Fsp3) is 0.520. The van der Waals surface area contributed by atoms with Crippen LogP contribution in [0.5, 0.6) is 0 Å². The van der Waals surface area contributed by atoms with Crippen molar-refractivity contribution in [2.24, 2.45) is 10.8 Å². The molecule has 4 atom stereocenters. The molecule has 12 heteroatoms. The van der Waals surface area contributed by atoms with Crippen LogP contribution in [0, 0.1) is 10.8 Å². The van der Waals surface area contributed by atoms with Crippen LogP contribution in [0.15, 0.2) is 46.5 Å². The second kappa shape index (κ2) is 10.2. The minimum Gasteiger partial charge on any atom is -0.468 e. The molecule has 0 saturated carbocycles. The van der Waals surface area contributed by atoms with Gasteiger partial charge in [-0.2, -0.15) is 0 Å². The maximum atomic E-state index is 13.7. The number of ether oxygens (including phenoxy) is 2. The van der Waals surface area contributed by atoms with E-state index >= 15 is 0 Å². The SMILES string of the molecule is COC(=O)[C@@]12CN(C)C[C@@](C(=O)OC)([C@@H](c3cc(SC)ccn3)N(C)[C@H]1c1cc(SC)ccn1)C2(O)O. The summed E-state index contributed by atoms with van der Waals surface area (Å²) in [5.41, 5.74) is -3.16. The van der Waals surface area contributed by atoms with Crippen LogP contribution in [0.2, 0.25) is 0 Å². The van der Waals surface area contributed by atoms with Crippen LogP contribution in [-0.2, 0) is 19.1 Å². The third-order valence-corrected chi connectivity index (χ3v) is 9.12. The average molecular weight is 549 g/mol. The van der Waals surface area contributed by atoms with E-state index in [-0.39, 0.29) is 13.1 Å². The van der Waals surface area contributed by atoms with Crippen LogP contribution in [0.1, 0.15) is 23.5 Å². The molecule has 2 N–H and O–H groups in total. The summed E-state index contributed by atoms with van der Waals surface area (Å²) >= 11 is 2.99. The molecule has 2 aromatic heterocycles. The normalized spacial score (nSPS) is 29.5. The molecule has 2 saturated heterocycles. The van der Waals surface area contributed by atoms with Crippen molar-refractivity contribution in [1.29, 1.82) is 0 Å². The summed E-state index contributed by atoms with van der Waals surface area (Å²) in [7, 11) is 5.85. The largest absolute Gasteiger partial charge is 0.468 e. The number of aromatic nitrogens is 2. The monoisotopic (exact) mass is 548 g/mol. The van der Waals surface area contributed by atoms with Gasteiger partial charge in [-0.3, -0.25) is 24.5 Å². The van der Waals surface area contributed by atoms with Crippen LogP contribution < -0.4 is 0 Å². The van der Waals surface area contributed by atoms with Crippen LogP contribution >= 0.6 is 23.5 Å². The molecule has 0 radical (unpaired) electrons. The molecule has 2 aliphatic rings. The van der Waals surface area contributed by atoms with Crippen molar-refractivity contribution in [3.63, 3.8) is 0 Å². The lowest BCUT2D eigenvalue weighted by Gasteiger charge is -2.67. The van der Waals surface area contributed by atoms with Crippen molar-refractivity contribution in [3.8, 4) is 0 Å². The summed E-state index contributed by atoms with van der Waals surface area (Å²) in [5, 5.41) is 24.5. The molecule has 0 amide bonds. The van der Waals surface area contributed by atoms with Crippen molar-refractivity contribution in [2.75, 3.05) is 53.9 Å². The second-order valence-electron chi connectivity index (χ2n) is 9.48. The molecule has 0 aliphatic carbocycles. The fourth-order valence-electron chi connectivity index (χ4n) is 6.26. The Hall–Kier alpha value is -2.22. The number of fused-ring (bicyclic) bond motifs is 2. The van der Waals surface area contributed by atoms with Crippen molar-refractivity contribution >= 4 is 35.5 Å². The Kier molecular flexibility index (Phi) is 7.63. The predicted octanol–water partition coefficient (Wildman–Crippen LogP) is 1.59. The van der Waals surface area contributed by atoms with Gasteiger partial charge in [-0.05, 0) is 50.9 Å². The average Bonchev–Trinajstić information content (AvgIpc) is 2.89. The first-order chi connectivity index (χ1) is 17.5. The Morgan fingerprint density at radius 1 is 0.892 bits per heavy atom. The molecule has 37 heavy (non-hydrogen) atoms. The first-order valence-corrected chi connectivity index (χ1v) is 14.0. The summed E-state index contributed by atoms with van der Waals surface area (Å²) in [6.45, 7) is -0.201. The van der Waals surface area contributed by atoms with Gasteiger partial charge in [-0.1, -0.05) is 0 Å². The third-order valence-electron chi connectivity index (χ3n) is 7.67. The van der Waals surface area contributed by atoms with Crippen LogP contribution in [0.3, 0.4) is 0 Å². The molecule has 0 spiro atoms. The Balaban J connectivity index is 2.12. The zero-order valence-electron chi connectivity index (χ0n) is 21.7. The van der Waals surface area contributed by atoms with Gasteiger partial charge >= 0.3 is 11.9 Å². The second-order valence-corrected chi connectivity index (χ2v) is 11.2. The number of methoxy groups -OCH3 is 2. The van der Waals surface area contributed by atoms with E-state index in [1.807, 2.05) is 36.8 Å². The number of aliphatic hydroxyl groups is 2. The van der Waals surface area contributed by atoms with E-state index in [2.05, 4.69) is 9.97 Å². The fourth-order valence-corrected chi connectivity index (χ4v) is 7.13. The molecule has 0 aromatic carbocycles. The van der Waals surface area contributed by atoms with E-state index in [0.717, 1.165) is 9.79 Å². The number of hydrogen-bond acceptors (Lipinski definition) is 12. The summed E-state index contributed by atoms with van der Waals surface area (Å²) < 4.78 is 10.5. The number of carbonyl (C=O) groups is 2. The molecule has 4 heterocycles. The summed E-state index contributed by atoms with van der Waals surface area (Å²) in [4.78, 5) is 41.9. The van der Waals surface area contributed by atoms with Gasteiger partial charge in [-0.25, -0.2) is 0 Å². The number of thioether (sulfide) groups is 2. The highest BCUT2D eigenvalue weighted by molar-refractivity contribution is 7.98. The van der Waals surface area contributed by atoms with E-state index < -0.39 is 40.6 Å². The van der Waals surface area contributed by atoms with Gasteiger partial charge in [0.1, 0.15) is 0 Å². The van der Waals surface area contributed by atoms with Crippen molar-refractivity contribution < 1.29 is 29.3 Å². The number of nitrogens with zero attached hydrogens (tertiary/aromatic N) is 4. The number of esters is 2. The number of carbonyl (C=O) groups excluding carboxylic acids is 2. The Bertz CT molecular complexity index is 1110. The zero-order valence-corrected chi connectivity index (χ0v) is 23.3. The molecule has 10 nitrogen and oxygen atoms in total. The number of piperidine rings is 2. The van der Waals surface area contributed by atoms with Crippen molar-refractivity contribution in [2.45, 2.75) is 27.7 Å². The maximum Gasteiger partial charge on any atom is 0.320 e. The highest BCUT2D eigenvalue weighted by Gasteiger charge is 2.82. The van der Waals surface area contributed by atoms with Gasteiger partial charge in [-0.15, -0.1) is 23.5 Å². The third kappa shape index (κ3) is 3.88. The molecule has 4 rings (SSSR count). The van der Waals surface area contributed by atoms with E-state index in [0.29, 0.717) is 11.4 Å². The summed E-state index contributed by atoms with van der Waals surface area (Å²) in [6.07, 6.45) is 7.07. The molecule has 2 aliphatic heterocycles. The number of rotatable bonds is 6. The highest BCUT2D eigenvalue weighted by Crippen LogP contribution is 2.66. The maximum absolute atomic E-state index is 13.7. The molecule has 2 fully saturated rings. The first-order valence-electron chi connectivity index (χ1n) is 11.6. The Morgan fingerprint density at radius 3 is 1.65 bits per heavy atom. The number of hydrogen-bond donors (Lipinski definition) is 2. The Morgan fingerprint density at radius 2 is 1.30 bits per heavy atom. The standard InChI is InChI=1S/C25H32N4O6S2/c1-28-13-23(21(30)34-3)19(17-11-15(36-5)7-9-26-17)29(2)20(18-12-16(37-6)8-10-27-18)24(14-28,22(31)35-4)25(23,32)33/h7-12,19-20,32-33H,13-14H2,1-6H3/t19-,20+,23+,24-. The van der Waals surface area contributed by atoms with E-state index in [4.69, 9.17) is 9.47 Å². The lowest BCUT2D eigenvalue weighted by molar-refractivity contribution is -0.374. The smallest absolute Gasteiger partial charge is 0.320 e. The number of pyridine rings is 2. The van der Waals surface area contributed by atoms with Crippen molar-refractivity contribution in [1.82, 2.24) is 19.8 Å².